The SMILES string of the molecule is COc1cccc(Cn2nc(C)c3c(NC(=O)CCS)[nH]nc32)c1. The van der Waals surface area contributed by atoms with E-state index in [0.29, 0.717) is 30.2 Å². The standard InChI is InChI=1S/C16H19N5O2S/c1-10-14-15(17-13(22)6-7-24)18-19-16(14)21(20-10)9-11-4-3-5-12(8-11)23-2/h3-5,8,24H,6-7,9H2,1-2H3,(H2,17,18,19,22). The molecule has 0 aliphatic heterocycles. The van der Waals surface area contributed by atoms with E-state index < -0.39 is 0 Å². The number of amides is 1. The molecule has 8 heteroatoms. The second-order valence-corrected chi connectivity index (χ2v) is 5.86. The van der Waals surface area contributed by atoms with Crippen molar-refractivity contribution in [1.29, 1.82) is 0 Å². The number of hydrogen-bond donors (Lipinski definition) is 3. The molecule has 0 bridgehead atoms. The van der Waals surface area contributed by atoms with Crippen LogP contribution in [-0.4, -0.2) is 38.7 Å². The second kappa shape index (κ2) is 6.96. The number of benzene rings is 1. The Balaban J connectivity index is 1.90. The van der Waals surface area contributed by atoms with Crippen LogP contribution in [0.2, 0.25) is 0 Å². The first-order valence-corrected chi connectivity index (χ1v) is 8.20. The molecule has 0 saturated heterocycles. The van der Waals surface area contributed by atoms with E-state index in [1.54, 1.807) is 7.11 Å². The topological polar surface area (TPSA) is 84.8 Å². The Morgan fingerprint density at radius 2 is 2.29 bits per heavy atom. The number of carbonyl (C=O) groups is 1. The third-order valence-electron chi connectivity index (χ3n) is 3.69. The Labute approximate surface area is 144 Å². The van der Waals surface area contributed by atoms with Gasteiger partial charge in [0, 0.05) is 6.42 Å². The molecule has 0 saturated carbocycles. The molecule has 7 nitrogen and oxygen atoms in total. The van der Waals surface area contributed by atoms with Gasteiger partial charge in [0.1, 0.15) is 11.6 Å². The number of thiol groups is 1. The lowest BCUT2D eigenvalue weighted by Crippen LogP contribution is -2.12. The van der Waals surface area contributed by atoms with E-state index in [1.165, 1.54) is 0 Å². The number of carbonyl (C=O) groups excluding carboxylic acids is 1. The van der Waals surface area contributed by atoms with E-state index in [0.717, 1.165) is 22.4 Å². The molecule has 3 rings (SSSR count). The van der Waals surface area contributed by atoms with E-state index in [-0.39, 0.29) is 5.91 Å². The summed E-state index contributed by atoms with van der Waals surface area (Å²) in [5.41, 5.74) is 2.57. The van der Waals surface area contributed by atoms with Gasteiger partial charge in [-0.1, -0.05) is 12.1 Å². The van der Waals surface area contributed by atoms with Crippen molar-refractivity contribution in [3.8, 4) is 5.75 Å². The van der Waals surface area contributed by atoms with Gasteiger partial charge in [-0.15, -0.1) is 0 Å². The summed E-state index contributed by atoms with van der Waals surface area (Å²) in [6.45, 7) is 2.46. The predicted octanol–water partition coefficient (Wildman–Crippen LogP) is 2.38. The van der Waals surface area contributed by atoms with Gasteiger partial charge in [0.15, 0.2) is 5.65 Å². The largest absolute Gasteiger partial charge is 0.497 e. The molecule has 0 atom stereocenters. The fourth-order valence-electron chi connectivity index (χ4n) is 2.59. The maximum Gasteiger partial charge on any atom is 0.226 e. The first-order chi connectivity index (χ1) is 11.6. The normalized spacial score (nSPS) is 11.0. The van der Waals surface area contributed by atoms with Crippen LogP contribution in [0.4, 0.5) is 5.82 Å². The highest BCUT2D eigenvalue weighted by molar-refractivity contribution is 7.80. The molecule has 0 spiro atoms. The van der Waals surface area contributed by atoms with Gasteiger partial charge in [0.25, 0.3) is 0 Å². The fraction of sp³-hybridized carbons (Fsp3) is 0.312. The number of aryl methyl sites for hydroxylation is 1. The zero-order chi connectivity index (χ0) is 17.1. The third kappa shape index (κ3) is 3.23. The molecule has 0 fully saturated rings. The molecule has 126 valence electrons. The lowest BCUT2D eigenvalue weighted by atomic mass is 10.2. The highest BCUT2D eigenvalue weighted by atomic mass is 32.1. The number of nitrogens with one attached hydrogen (secondary N) is 2. The predicted molar refractivity (Wildman–Crippen MR) is 95.8 cm³/mol. The van der Waals surface area contributed by atoms with Crippen LogP contribution in [-0.2, 0) is 11.3 Å². The lowest BCUT2D eigenvalue weighted by molar-refractivity contribution is -0.115. The quantitative estimate of drug-likeness (QED) is 0.599. The van der Waals surface area contributed by atoms with Gasteiger partial charge in [-0.3, -0.25) is 9.89 Å². The van der Waals surface area contributed by atoms with Crippen molar-refractivity contribution in [1.82, 2.24) is 20.0 Å². The molecule has 2 heterocycles. The van der Waals surface area contributed by atoms with E-state index in [2.05, 4.69) is 33.2 Å². The number of nitrogens with zero attached hydrogens (tertiary/aromatic N) is 3. The van der Waals surface area contributed by atoms with Crippen molar-refractivity contribution in [3.05, 3.63) is 35.5 Å². The van der Waals surface area contributed by atoms with Crippen LogP contribution in [0.3, 0.4) is 0 Å². The number of aromatic amines is 1. The number of H-pyrrole nitrogens is 1. The van der Waals surface area contributed by atoms with Crippen molar-refractivity contribution < 1.29 is 9.53 Å². The van der Waals surface area contributed by atoms with Gasteiger partial charge < -0.3 is 10.1 Å². The number of aromatic nitrogens is 4. The highest BCUT2D eigenvalue weighted by Crippen LogP contribution is 2.25. The summed E-state index contributed by atoms with van der Waals surface area (Å²) in [5.74, 6) is 1.77. The minimum Gasteiger partial charge on any atom is -0.497 e. The average Bonchev–Trinajstić information content (AvgIpc) is 3.10. The molecular formula is C16H19N5O2S. The van der Waals surface area contributed by atoms with Crippen LogP contribution in [0.25, 0.3) is 11.0 Å². The Bertz CT molecular complexity index is 871. The molecule has 0 aliphatic carbocycles. The van der Waals surface area contributed by atoms with Crippen LogP contribution in [0, 0.1) is 6.92 Å². The van der Waals surface area contributed by atoms with Gasteiger partial charge in [0.2, 0.25) is 5.91 Å². The minimum absolute atomic E-state index is 0.101. The number of fused-ring (bicyclic) bond motifs is 1. The first kappa shape index (κ1) is 16.4. The molecule has 1 aromatic carbocycles. The number of rotatable bonds is 6. The number of anilines is 1. The second-order valence-electron chi connectivity index (χ2n) is 5.41. The van der Waals surface area contributed by atoms with Crippen molar-refractivity contribution >= 4 is 35.4 Å². The summed E-state index contributed by atoms with van der Waals surface area (Å²) >= 11 is 4.07. The molecule has 0 aliphatic rings. The van der Waals surface area contributed by atoms with Gasteiger partial charge >= 0.3 is 0 Å². The molecule has 24 heavy (non-hydrogen) atoms. The summed E-state index contributed by atoms with van der Waals surface area (Å²) in [6, 6.07) is 7.81. The Kier molecular flexibility index (Phi) is 4.75. The lowest BCUT2D eigenvalue weighted by Gasteiger charge is -2.04. The third-order valence-corrected chi connectivity index (χ3v) is 3.92. The van der Waals surface area contributed by atoms with Gasteiger partial charge in [0.05, 0.1) is 24.7 Å². The zero-order valence-corrected chi connectivity index (χ0v) is 14.4. The summed E-state index contributed by atoms with van der Waals surface area (Å²) in [6.07, 6.45) is 0.348. The van der Waals surface area contributed by atoms with E-state index in [4.69, 9.17) is 4.74 Å². The van der Waals surface area contributed by atoms with Crippen LogP contribution >= 0.6 is 12.6 Å². The number of ether oxygens (including phenoxy) is 1. The molecule has 0 radical (unpaired) electrons. The monoisotopic (exact) mass is 345 g/mol. The minimum atomic E-state index is -0.101. The smallest absolute Gasteiger partial charge is 0.226 e. The molecule has 3 aromatic rings. The van der Waals surface area contributed by atoms with Crippen molar-refractivity contribution in [2.45, 2.75) is 19.9 Å². The molecular weight excluding hydrogens is 326 g/mol. The van der Waals surface area contributed by atoms with Crippen LogP contribution in [0.5, 0.6) is 5.75 Å². The van der Waals surface area contributed by atoms with Crippen LogP contribution in [0.1, 0.15) is 17.7 Å². The maximum absolute atomic E-state index is 11.8. The van der Waals surface area contributed by atoms with Crippen LogP contribution in [0.15, 0.2) is 24.3 Å². The van der Waals surface area contributed by atoms with Gasteiger partial charge in [-0.25, -0.2) is 4.68 Å². The van der Waals surface area contributed by atoms with Crippen molar-refractivity contribution in [3.63, 3.8) is 0 Å². The maximum atomic E-state index is 11.8. The van der Waals surface area contributed by atoms with Gasteiger partial charge in [-0.2, -0.15) is 22.8 Å². The van der Waals surface area contributed by atoms with E-state index in [9.17, 15) is 4.79 Å². The first-order valence-electron chi connectivity index (χ1n) is 7.57. The summed E-state index contributed by atoms with van der Waals surface area (Å²) < 4.78 is 7.06. The Morgan fingerprint density at radius 1 is 1.46 bits per heavy atom. The molecule has 2 aromatic heterocycles. The summed E-state index contributed by atoms with van der Waals surface area (Å²) in [4.78, 5) is 11.8. The molecule has 1 amide bonds. The molecule has 0 unspecified atom stereocenters. The average molecular weight is 345 g/mol. The van der Waals surface area contributed by atoms with Gasteiger partial charge in [-0.05, 0) is 30.4 Å². The fourth-order valence-corrected chi connectivity index (χ4v) is 2.79. The Morgan fingerprint density at radius 3 is 3.04 bits per heavy atom. The highest BCUT2D eigenvalue weighted by Gasteiger charge is 2.17. The summed E-state index contributed by atoms with van der Waals surface area (Å²) in [7, 11) is 1.64. The van der Waals surface area contributed by atoms with Crippen molar-refractivity contribution in [2.75, 3.05) is 18.2 Å². The number of hydrogen-bond acceptors (Lipinski definition) is 5. The number of methoxy groups -OCH3 is 1. The van der Waals surface area contributed by atoms with Crippen LogP contribution < -0.4 is 10.1 Å². The zero-order valence-electron chi connectivity index (χ0n) is 13.5. The van der Waals surface area contributed by atoms with E-state index in [1.807, 2.05) is 35.9 Å². The van der Waals surface area contributed by atoms with E-state index >= 15 is 0 Å². The Hall–Kier alpha value is -2.48. The molecule has 2 N–H and O–H groups in total. The van der Waals surface area contributed by atoms with Crippen molar-refractivity contribution in [2.24, 2.45) is 0 Å². The summed E-state index contributed by atoms with van der Waals surface area (Å²) in [5, 5.41) is 15.4.